The zero-order chi connectivity index (χ0) is 14.0. The number of carbonyl (C=O) groups is 1. The molecule has 0 unspecified atom stereocenters. The molecular weight excluding hydrogens is 266 g/mol. The lowest BCUT2D eigenvalue weighted by Gasteiger charge is -2.13. The molecule has 1 aromatic heterocycles. The number of methoxy groups -OCH3 is 1. The van der Waals surface area contributed by atoms with Crippen molar-refractivity contribution >= 4 is 17.9 Å². The Morgan fingerprint density at radius 1 is 1.26 bits per heavy atom. The van der Waals surface area contributed by atoms with Crippen LogP contribution in [0.25, 0.3) is 11.3 Å². The normalized spacial score (nSPS) is 10.3. The van der Waals surface area contributed by atoms with Gasteiger partial charge in [0.15, 0.2) is 6.29 Å². The van der Waals surface area contributed by atoms with Gasteiger partial charge in [0, 0.05) is 17.6 Å². The van der Waals surface area contributed by atoms with E-state index in [-0.39, 0.29) is 11.1 Å². The average molecular weight is 278 g/mol. The lowest BCUT2D eigenvalue weighted by Crippen LogP contribution is -2.21. The molecule has 0 aliphatic rings. The second-order valence-corrected chi connectivity index (χ2v) is 4.44. The van der Waals surface area contributed by atoms with E-state index in [1.54, 1.807) is 38.4 Å². The minimum Gasteiger partial charge on any atom is -0.496 e. The standard InChI is InChI=1S/C14H12ClNO3/c1-16-12(5-3-9(8-17)14(16)18)11-7-10(15)4-6-13(11)19-2/h3-8H,1-2H3. The van der Waals surface area contributed by atoms with Crippen LogP contribution < -0.4 is 10.3 Å². The van der Waals surface area contributed by atoms with Crippen molar-refractivity contribution < 1.29 is 9.53 Å². The van der Waals surface area contributed by atoms with Crippen LogP contribution in [0.5, 0.6) is 5.75 Å². The molecule has 98 valence electrons. The van der Waals surface area contributed by atoms with E-state index in [1.165, 1.54) is 10.6 Å². The zero-order valence-electron chi connectivity index (χ0n) is 10.5. The van der Waals surface area contributed by atoms with Gasteiger partial charge >= 0.3 is 0 Å². The average Bonchev–Trinajstić information content (AvgIpc) is 2.42. The first-order valence-electron chi connectivity index (χ1n) is 5.57. The molecule has 0 saturated carbocycles. The summed E-state index contributed by atoms with van der Waals surface area (Å²) in [5.74, 6) is 0.609. The molecule has 0 amide bonds. The number of rotatable bonds is 3. The number of carbonyl (C=O) groups excluding carboxylic acids is 1. The highest BCUT2D eigenvalue weighted by molar-refractivity contribution is 6.30. The molecule has 0 N–H and O–H groups in total. The van der Waals surface area contributed by atoms with Crippen LogP contribution in [0, 0.1) is 0 Å². The Bertz CT molecular complexity index is 692. The van der Waals surface area contributed by atoms with Crippen LogP contribution in [0.15, 0.2) is 35.1 Å². The van der Waals surface area contributed by atoms with E-state index in [2.05, 4.69) is 0 Å². The van der Waals surface area contributed by atoms with Gasteiger partial charge in [0.05, 0.1) is 18.4 Å². The lowest BCUT2D eigenvalue weighted by molar-refractivity contribution is 0.112. The maximum atomic E-state index is 11.9. The largest absolute Gasteiger partial charge is 0.496 e. The van der Waals surface area contributed by atoms with E-state index >= 15 is 0 Å². The Kier molecular flexibility index (Phi) is 3.71. The van der Waals surface area contributed by atoms with Crippen molar-refractivity contribution in [1.82, 2.24) is 4.57 Å². The van der Waals surface area contributed by atoms with Gasteiger partial charge in [-0.05, 0) is 30.3 Å². The van der Waals surface area contributed by atoms with E-state index in [9.17, 15) is 9.59 Å². The van der Waals surface area contributed by atoms with Crippen LogP contribution in [-0.4, -0.2) is 18.0 Å². The fraction of sp³-hybridized carbons (Fsp3) is 0.143. The summed E-state index contributed by atoms with van der Waals surface area (Å²) >= 11 is 5.98. The maximum Gasteiger partial charge on any atom is 0.261 e. The van der Waals surface area contributed by atoms with Crippen LogP contribution in [-0.2, 0) is 7.05 Å². The van der Waals surface area contributed by atoms with Gasteiger partial charge in [-0.1, -0.05) is 11.6 Å². The van der Waals surface area contributed by atoms with Gasteiger partial charge in [0.2, 0.25) is 0 Å². The third-order valence-corrected chi connectivity index (χ3v) is 3.13. The topological polar surface area (TPSA) is 48.3 Å². The van der Waals surface area contributed by atoms with Gasteiger partial charge in [-0.25, -0.2) is 0 Å². The van der Waals surface area contributed by atoms with Gasteiger partial charge < -0.3 is 9.30 Å². The lowest BCUT2D eigenvalue weighted by atomic mass is 10.1. The first-order valence-corrected chi connectivity index (χ1v) is 5.95. The zero-order valence-corrected chi connectivity index (χ0v) is 11.3. The molecule has 0 radical (unpaired) electrons. The third-order valence-electron chi connectivity index (χ3n) is 2.90. The van der Waals surface area contributed by atoms with E-state index in [0.717, 1.165) is 0 Å². The summed E-state index contributed by atoms with van der Waals surface area (Å²) in [4.78, 5) is 22.7. The van der Waals surface area contributed by atoms with E-state index in [1.807, 2.05) is 0 Å². The summed E-state index contributed by atoms with van der Waals surface area (Å²) < 4.78 is 6.66. The molecule has 2 rings (SSSR count). The molecule has 1 aromatic carbocycles. The fourth-order valence-corrected chi connectivity index (χ4v) is 2.07. The van der Waals surface area contributed by atoms with Crippen LogP contribution in [0.4, 0.5) is 0 Å². The second kappa shape index (κ2) is 5.28. The number of benzene rings is 1. The second-order valence-electron chi connectivity index (χ2n) is 4.00. The van der Waals surface area contributed by atoms with Crippen LogP contribution >= 0.6 is 11.6 Å². The molecule has 4 nitrogen and oxygen atoms in total. The monoisotopic (exact) mass is 277 g/mol. The minimum absolute atomic E-state index is 0.118. The van der Waals surface area contributed by atoms with Crippen molar-refractivity contribution in [3.8, 4) is 17.0 Å². The number of hydrogen-bond acceptors (Lipinski definition) is 3. The van der Waals surface area contributed by atoms with E-state index in [0.29, 0.717) is 28.3 Å². The fourth-order valence-electron chi connectivity index (χ4n) is 1.90. The Balaban J connectivity index is 2.72. The molecule has 0 aliphatic heterocycles. The third kappa shape index (κ3) is 2.39. The van der Waals surface area contributed by atoms with Gasteiger partial charge in [0.25, 0.3) is 5.56 Å². The molecule has 0 bridgehead atoms. The number of pyridine rings is 1. The summed E-state index contributed by atoms with van der Waals surface area (Å²) in [5, 5.41) is 0.544. The molecule has 0 atom stereocenters. The highest BCUT2D eigenvalue weighted by Gasteiger charge is 2.12. The van der Waals surface area contributed by atoms with Crippen molar-refractivity contribution in [2.45, 2.75) is 0 Å². The van der Waals surface area contributed by atoms with Crippen LogP contribution in [0.2, 0.25) is 5.02 Å². The minimum atomic E-state index is -0.352. The number of ether oxygens (including phenoxy) is 1. The quantitative estimate of drug-likeness (QED) is 0.810. The van der Waals surface area contributed by atoms with Crippen LogP contribution in [0.1, 0.15) is 10.4 Å². The number of hydrogen-bond donors (Lipinski definition) is 0. The van der Waals surface area contributed by atoms with Crippen molar-refractivity contribution in [3.63, 3.8) is 0 Å². The van der Waals surface area contributed by atoms with Crippen LogP contribution in [0.3, 0.4) is 0 Å². The van der Waals surface area contributed by atoms with Crippen molar-refractivity contribution in [2.75, 3.05) is 7.11 Å². The number of aromatic nitrogens is 1. The molecule has 0 saturated heterocycles. The predicted octanol–water partition coefficient (Wildman–Crippen LogP) is 2.53. The summed E-state index contributed by atoms with van der Waals surface area (Å²) in [6.45, 7) is 0. The number of nitrogens with zero attached hydrogens (tertiary/aromatic N) is 1. The molecule has 0 spiro atoms. The summed E-state index contributed by atoms with van der Waals surface area (Å²) in [6.07, 6.45) is 0.543. The Hall–Kier alpha value is -2.07. The Morgan fingerprint density at radius 3 is 2.63 bits per heavy atom. The van der Waals surface area contributed by atoms with Crippen molar-refractivity contribution in [2.24, 2.45) is 7.05 Å². The first-order chi connectivity index (χ1) is 9.08. The summed E-state index contributed by atoms with van der Waals surface area (Å²) in [6, 6.07) is 8.34. The molecule has 1 heterocycles. The SMILES string of the molecule is COc1ccc(Cl)cc1-c1ccc(C=O)c(=O)n1C. The molecule has 2 aromatic rings. The molecule has 0 aliphatic carbocycles. The maximum absolute atomic E-state index is 11.9. The molecule has 19 heavy (non-hydrogen) atoms. The highest BCUT2D eigenvalue weighted by Crippen LogP contribution is 2.31. The van der Waals surface area contributed by atoms with E-state index < -0.39 is 0 Å². The smallest absolute Gasteiger partial charge is 0.261 e. The van der Waals surface area contributed by atoms with Gasteiger partial charge in [0.1, 0.15) is 5.75 Å². The Labute approximate surface area is 115 Å². The number of halogens is 1. The number of aldehydes is 1. The Morgan fingerprint density at radius 2 is 2.00 bits per heavy atom. The van der Waals surface area contributed by atoms with Crippen molar-refractivity contribution in [3.05, 3.63) is 51.3 Å². The molecule has 0 fully saturated rings. The first kappa shape index (κ1) is 13.4. The van der Waals surface area contributed by atoms with Gasteiger partial charge in [-0.2, -0.15) is 0 Å². The van der Waals surface area contributed by atoms with E-state index in [4.69, 9.17) is 16.3 Å². The van der Waals surface area contributed by atoms with Crippen molar-refractivity contribution in [1.29, 1.82) is 0 Å². The molecule has 5 heteroatoms. The summed E-state index contributed by atoms with van der Waals surface area (Å²) in [7, 11) is 3.15. The highest BCUT2D eigenvalue weighted by atomic mass is 35.5. The molecular formula is C14H12ClNO3. The predicted molar refractivity (Wildman–Crippen MR) is 74.1 cm³/mol. The van der Waals surface area contributed by atoms with Gasteiger partial charge in [-0.3, -0.25) is 9.59 Å². The van der Waals surface area contributed by atoms with Gasteiger partial charge in [-0.15, -0.1) is 0 Å². The summed E-state index contributed by atoms with van der Waals surface area (Å²) in [5.41, 5.74) is 1.10.